The molecule has 118 valence electrons. The van der Waals surface area contributed by atoms with E-state index in [-0.39, 0.29) is 4.90 Å². The van der Waals surface area contributed by atoms with Crippen LogP contribution in [0.25, 0.3) is 22.0 Å². The highest BCUT2D eigenvalue weighted by Crippen LogP contribution is 2.29. The molecule has 0 radical (unpaired) electrons. The largest absolute Gasteiger partial charge is 0.246 e. The second-order valence-electron chi connectivity index (χ2n) is 5.21. The van der Waals surface area contributed by atoms with Gasteiger partial charge in [-0.25, -0.2) is 23.4 Å². The summed E-state index contributed by atoms with van der Waals surface area (Å²) in [6.45, 7) is 3.91. The lowest BCUT2D eigenvalue weighted by Gasteiger charge is -2.05. The molecule has 0 amide bonds. The average Bonchev–Trinajstić information content (AvgIpc) is 2.85. The van der Waals surface area contributed by atoms with E-state index in [1.807, 2.05) is 19.9 Å². The van der Waals surface area contributed by atoms with Crippen molar-refractivity contribution in [3.63, 3.8) is 0 Å². The summed E-state index contributed by atoms with van der Waals surface area (Å²) >= 11 is 1.58. The molecule has 0 aliphatic heterocycles. The Morgan fingerprint density at radius 3 is 2.52 bits per heavy atom. The minimum absolute atomic E-state index is 0.258. The number of aromatic nitrogens is 3. The van der Waals surface area contributed by atoms with Crippen LogP contribution < -0.4 is 0 Å². The Kier molecular flexibility index (Phi) is 3.99. The Bertz CT molecular complexity index is 978. The first-order valence-corrected chi connectivity index (χ1v) is 9.63. The normalized spacial score (nSPS) is 11.6. The van der Waals surface area contributed by atoms with Gasteiger partial charge in [0.15, 0.2) is 15.7 Å². The lowest BCUT2D eigenvalue weighted by Crippen LogP contribution is -1.98. The molecule has 0 atom stereocenters. The first-order chi connectivity index (χ1) is 10.8. The quantitative estimate of drug-likeness (QED) is 0.728. The van der Waals surface area contributed by atoms with Crippen LogP contribution in [0.1, 0.15) is 10.7 Å². The highest BCUT2D eigenvalue weighted by atomic mass is 32.2. The van der Waals surface area contributed by atoms with Crippen LogP contribution in [-0.4, -0.2) is 29.6 Å². The lowest BCUT2D eigenvalue weighted by molar-refractivity contribution is 0.602. The molecule has 2 aromatic heterocycles. The minimum Gasteiger partial charge on any atom is -0.246 e. The second-order valence-corrected chi connectivity index (χ2v) is 8.43. The molecule has 0 unspecified atom stereocenters. The molecule has 0 aliphatic rings. The number of sulfone groups is 1. The van der Waals surface area contributed by atoms with E-state index in [1.54, 1.807) is 41.8 Å². The second kappa shape index (κ2) is 5.82. The molecule has 0 spiro atoms. The van der Waals surface area contributed by atoms with Crippen LogP contribution >= 0.6 is 11.3 Å². The van der Waals surface area contributed by atoms with Gasteiger partial charge in [-0.2, -0.15) is 0 Å². The molecule has 0 saturated heterocycles. The topological polar surface area (TPSA) is 72.8 Å². The Labute approximate surface area is 139 Å². The van der Waals surface area contributed by atoms with E-state index in [2.05, 4.69) is 15.0 Å². The van der Waals surface area contributed by atoms with Gasteiger partial charge in [-0.05, 0) is 32.0 Å². The first-order valence-electron chi connectivity index (χ1n) is 6.92. The maximum absolute atomic E-state index is 11.7. The molecule has 3 rings (SSSR count). The predicted octanol–water partition coefficient (Wildman–Crippen LogP) is 3.29. The predicted molar refractivity (Wildman–Crippen MR) is 91.2 cm³/mol. The van der Waals surface area contributed by atoms with E-state index < -0.39 is 9.84 Å². The van der Waals surface area contributed by atoms with Gasteiger partial charge in [-0.3, -0.25) is 0 Å². The first kappa shape index (κ1) is 15.8. The van der Waals surface area contributed by atoms with Crippen LogP contribution in [0.4, 0.5) is 0 Å². The van der Waals surface area contributed by atoms with Crippen LogP contribution in [0.5, 0.6) is 0 Å². The summed E-state index contributed by atoms with van der Waals surface area (Å²) in [5, 5.41) is 0.983. The van der Waals surface area contributed by atoms with Crippen LogP contribution in [-0.2, 0) is 9.84 Å². The van der Waals surface area contributed by atoms with Gasteiger partial charge < -0.3 is 0 Å². The average molecular weight is 345 g/mol. The lowest BCUT2D eigenvalue weighted by atomic mass is 10.2. The van der Waals surface area contributed by atoms with E-state index in [4.69, 9.17) is 0 Å². The third-order valence-corrected chi connectivity index (χ3v) is 5.52. The zero-order valence-electron chi connectivity index (χ0n) is 12.9. The molecule has 0 fully saturated rings. The van der Waals surface area contributed by atoms with Crippen molar-refractivity contribution in [3.8, 4) is 22.0 Å². The van der Waals surface area contributed by atoms with Crippen LogP contribution in [0.3, 0.4) is 0 Å². The van der Waals surface area contributed by atoms with Crippen LogP contribution in [0, 0.1) is 13.8 Å². The molecule has 0 aliphatic carbocycles. The molecule has 0 bridgehead atoms. The number of hydrogen-bond acceptors (Lipinski definition) is 6. The molecule has 0 N–H and O–H groups in total. The van der Waals surface area contributed by atoms with Crippen molar-refractivity contribution in [2.45, 2.75) is 18.7 Å². The summed E-state index contributed by atoms with van der Waals surface area (Å²) in [5.74, 6) is 0.499. The summed E-state index contributed by atoms with van der Waals surface area (Å²) in [7, 11) is -3.26. The van der Waals surface area contributed by atoms with Gasteiger partial charge in [-0.1, -0.05) is 12.1 Å². The summed E-state index contributed by atoms with van der Waals surface area (Å²) in [4.78, 5) is 14.5. The van der Waals surface area contributed by atoms with Gasteiger partial charge in [0, 0.05) is 18.0 Å². The molecular weight excluding hydrogens is 330 g/mol. The van der Waals surface area contributed by atoms with Crippen LogP contribution in [0.2, 0.25) is 0 Å². The van der Waals surface area contributed by atoms with Crippen molar-refractivity contribution >= 4 is 21.2 Å². The third-order valence-electron chi connectivity index (χ3n) is 3.31. The molecule has 5 nitrogen and oxygen atoms in total. The number of hydrogen-bond donors (Lipinski definition) is 0. The zero-order chi connectivity index (χ0) is 16.6. The van der Waals surface area contributed by atoms with Crippen molar-refractivity contribution in [3.05, 3.63) is 47.2 Å². The van der Waals surface area contributed by atoms with E-state index in [9.17, 15) is 8.42 Å². The standard InChI is InChI=1S/C16H15N3O2S2/c1-10-15(22-11(2)18-10)14-7-8-17-16(19-14)12-5-4-6-13(9-12)23(3,20)21/h4-9H,1-3H3. The van der Waals surface area contributed by atoms with Crippen molar-refractivity contribution in [1.29, 1.82) is 0 Å². The van der Waals surface area contributed by atoms with E-state index in [1.165, 1.54) is 6.26 Å². The summed E-state index contributed by atoms with van der Waals surface area (Å²) < 4.78 is 23.4. The number of nitrogens with zero attached hydrogens (tertiary/aromatic N) is 3. The van der Waals surface area contributed by atoms with E-state index >= 15 is 0 Å². The SMILES string of the molecule is Cc1nc(C)c(-c2ccnc(-c3cccc(S(C)(=O)=O)c3)n2)s1. The summed E-state index contributed by atoms with van der Waals surface area (Å²) in [6.07, 6.45) is 2.87. The Morgan fingerprint density at radius 1 is 1.09 bits per heavy atom. The molecule has 3 aromatic rings. The monoisotopic (exact) mass is 345 g/mol. The maximum Gasteiger partial charge on any atom is 0.175 e. The molecule has 23 heavy (non-hydrogen) atoms. The Hall–Kier alpha value is -2.12. The van der Waals surface area contributed by atoms with Crippen molar-refractivity contribution in [2.75, 3.05) is 6.26 Å². The summed E-state index contributed by atoms with van der Waals surface area (Å²) in [5.41, 5.74) is 2.40. The Morgan fingerprint density at radius 2 is 1.87 bits per heavy atom. The molecule has 7 heteroatoms. The number of aryl methyl sites for hydroxylation is 2. The molecule has 0 saturated carbocycles. The fourth-order valence-corrected chi connectivity index (χ4v) is 3.82. The van der Waals surface area contributed by atoms with Gasteiger partial charge in [-0.15, -0.1) is 11.3 Å². The maximum atomic E-state index is 11.7. The van der Waals surface area contributed by atoms with Gasteiger partial charge in [0.2, 0.25) is 0 Å². The highest BCUT2D eigenvalue weighted by molar-refractivity contribution is 7.90. The van der Waals surface area contributed by atoms with Crippen LogP contribution in [0.15, 0.2) is 41.4 Å². The number of benzene rings is 1. The smallest absolute Gasteiger partial charge is 0.175 e. The van der Waals surface area contributed by atoms with E-state index in [0.717, 1.165) is 21.3 Å². The zero-order valence-corrected chi connectivity index (χ0v) is 14.6. The number of rotatable bonds is 3. The fraction of sp³-hybridized carbons (Fsp3) is 0.188. The minimum atomic E-state index is -3.26. The van der Waals surface area contributed by atoms with Gasteiger partial charge in [0.25, 0.3) is 0 Å². The molecular formula is C16H15N3O2S2. The van der Waals surface area contributed by atoms with E-state index in [0.29, 0.717) is 11.4 Å². The van der Waals surface area contributed by atoms with Crippen molar-refractivity contribution in [2.24, 2.45) is 0 Å². The van der Waals surface area contributed by atoms with Gasteiger partial charge in [0.1, 0.15) is 0 Å². The van der Waals surface area contributed by atoms with Gasteiger partial charge in [0.05, 0.1) is 26.2 Å². The summed E-state index contributed by atoms with van der Waals surface area (Å²) in [6, 6.07) is 8.50. The number of thiazole rings is 1. The van der Waals surface area contributed by atoms with Crippen molar-refractivity contribution < 1.29 is 8.42 Å². The van der Waals surface area contributed by atoms with Gasteiger partial charge >= 0.3 is 0 Å². The molecule has 1 aromatic carbocycles. The fourth-order valence-electron chi connectivity index (χ4n) is 2.26. The third kappa shape index (κ3) is 3.30. The highest BCUT2D eigenvalue weighted by Gasteiger charge is 2.13. The van der Waals surface area contributed by atoms with Crippen molar-refractivity contribution in [1.82, 2.24) is 15.0 Å². The molecule has 2 heterocycles. The Balaban J connectivity index is 2.09.